The molecule has 116 valence electrons. The van der Waals surface area contributed by atoms with Crippen LogP contribution in [-0.2, 0) is 4.74 Å². The van der Waals surface area contributed by atoms with Crippen molar-refractivity contribution in [2.45, 2.75) is 25.0 Å². The summed E-state index contributed by atoms with van der Waals surface area (Å²) in [6, 6.07) is 2.92. The Morgan fingerprint density at radius 1 is 1.29 bits per heavy atom. The van der Waals surface area contributed by atoms with Gasteiger partial charge in [-0.15, -0.1) is 13.2 Å². The normalized spacial score (nSPS) is 12.7. The van der Waals surface area contributed by atoms with Crippen LogP contribution in [0.5, 0.6) is 5.75 Å². The van der Waals surface area contributed by atoms with Gasteiger partial charge in [-0.25, -0.2) is 4.79 Å². The maximum atomic E-state index is 12.2. The highest BCUT2D eigenvalue weighted by Gasteiger charge is 2.32. The van der Waals surface area contributed by atoms with Crippen LogP contribution in [0, 0.1) is 0 Å². The SMILES string of the molecule is CCOC(=O)c1cc(OC(F)(F)F)ccc1C(=O)C(C)Br. The summed E-state index contributed by atoms with van der Waals surface area (Å²) < 4.78 is 45.1. The number of benzene rings is 1. The number of esters is 1. The number of ether oxygens (including phenoxy) is 2. The van der Waals surface area contributed by atoms with Crippen molar-refractivity contribution in [2.75, 3.05) is 6.61 Å². The second kappa shape index (κ2) is 6.93. The first kappa shape index (κ1) is 17.5. The molecule has 4 nitrogen and oxygen atoms in total. The fourth-order valence-corrected chi connectivity index (χ4v) is 1.77. The first-order valence-electron chi connectivity index (χ1n) is 5.91. The standard InChI is InChI=1S/C13H12BrF3O4/c1-3-20-12(19)10-6-8(21-13(15,16)17)4-5-9(10)11(18)7(2)14/h4-7H,3H2,1-2H3. The number of carbonyl (C=O) groups is 2. The highest BCUT2D eigenvalue weighted by molar-refractivity contribution is 9.10. The van der Waals surface area contributed by atoms with Gasteiger partial charge in [0.15, 0.2) is 5.78 Å². The van der Waals surface area contributed by atoms with Crippen LogP contribution >= 0.6 is 15.9 Å². The van der Waals surface area contributed by atoms with Crippen molar-refractivity contribution in [3.63, 3.8) is 0 Å². The summed E-state index contributed by atoms with van der Waals surface area (Å²) in [4.78, 5) is 23.1. The van der Waals surface area contributed by atoms with E-state index in [1.165, 1.54) is 6.92 Å². The zero-order valence-electron chi connectivity index (χ0n) is 11.2. The van der Waals surface area contributed by atoms with Crippen molar-refractivity contribution >= 4 is 27.7 Å². The number of ketones is 1. The molecular formula is C13H12BrF3O4. The molecule has 1 rings (SSSR count). The minimum Gasteiger partial charge on any atom is -0.462 e. The van der Waals surface area contributed by atoms with Gasteiger partial charge in [0.05, 0.1) is 17.0 Å². The molecule has 0 aliphatic heterocycles. The van der Waals surface area contributed by atoms with E-state index in [2.05, 4.69) is 20.7 Å². The van der Waals surface area contributed by atoms with Crippen molar-refractivity contribution in [2.24, 2.45) is 0 Å². The van der Waals surface area contributed by atoms with Crippen LogP contribution in [0.1, 0.15) is 34.6 Å². The van der Waals surface area contributed by atoms with Crippen molar-refractivity contribution in [3.05, 3.63) is 29.3 Å². The number of hydrogen-bond donors (Lipinski definition) is 0. The minimum atomic E-state index is -4.89. The molecule has 1 atom stereocenters. The van der Waals surface area contributed by atoms with Crippen LogP contribution in [0.25, 0.3) is 0 Å². The summed E-state index contributed by atoms with van der Waals surface area (Å²) in [5, 5.41) is 0. The van der Waals surface area contributed by atoms with Crippen LogP contribution in [0.15, 0.2) is 18.2 Å². The average molecular weight is 369 g/mol. The van der Waals surface area contributed by atoms with Crippen molar-refractivity contribution in [3.8, 4) is 5.75 Å². The molecule has 1 aromatic rings. The van der Waals surface area contributed by atoms with Crippen LogP contribution < -0.4 is 4.74 Å². The van der Waals surface area contributed by atoms with E-state index in [1.54, 1.807) is 6.92 Å². The van der Waals surface area contributed by atoms with Crippen LogP contribution in [0.2, 0.25) is 0 Å². The molecule has 0 saturated heterocycles. The Bertz CT molecular complexity index is 541. The predicted molar refractivity (Wildman–Crippen MR) is 71.8 cm³/mol. The average Bonchev–Trinajstić information content (AvgIpc) is 2.36. The maximum absolute atomic E-state index is 12.2. The number of halogens is 4. The van der Waals surface area contributed by atoms with Gasteiger partial charge in [-0.1, -0.05) is 15.9 Å². The maximum Gasteiger partial charge on any atom is 0.573 e. The van der Waals surface area contributed by atoms with Crippen molar-refractivity contribution < 1.29 is 32.2 Å². The lowest BCUT2D eigenvalue weighted by Crippen LogP contribution is -2.20. The molecule has 21 heavy (non-hydrogen) atoms. The number of carbonyl (C=O) groups excluding carboxylic acids is 2. The van der Waals surface area contributed by atoms with Gasteiger partial charge >= 0.3 is 12.3 Å². The number of Topliss-reactive ketones (excluding diaryl/α,β-unsaturated/α-hetero) is 1. The number of alkyl halides is 4. The molecule has 0 fully saturated rings. The molecule has 0 aliphatic carbocycles. The van der Waals surface area contributed by atoms with Crippen LogP contribution in [0.3, 0.4) is 0 Å². The molecule has 0 N–H and O–H groups in total. The first-order valence-corrected chi connectivity index (χ1v) is 6.82. The Labute approximate surface area is 127 Å². The molecule has 0 aromatic heterocycles. The molecule has 0 saturated carbocycles. The molecule has 1 unspecified atom stereocenters. The molecule has 0 heterocycles. The Morgan fingerprint density at radius 3 is 2.38 bits per heavy atom. The van der Waals surface area contributed by atoms with Gasteiger partial charge in [-0.3, -0.25) is 4.79 Å². The number of rotatable bonds is 5. The molecule has 0 aliphatic rings. The lowest BCUT2D eigenvalue weighted by Gasteiger charge is -2.13. The second-order valence-electron chi connectivity index (χ2n) is 3.96. The highest BCUT2D eigenvalue weighted by atomic mass is 79.9. The Hall–Kier alpha value is -1.57. The van der Waals surface area contributed by atoms with Gasteiger partial charge in [0.25, 0.3) is 0 Å². The van der Waals surface area contributed by atoms with E-state index in [9.17, 15) is 22.8 Å². The lowest BCUT2D eigenvalue weighted by molar-refractivity contribution is -0.274. The molecule has 0 amide bonds. The Balaban J connectivity index is 3.26. The third-order valence-electron chi connectivity index (χ3n) is 2.35. The smallest absolute Gasteiger partial charge is 0.462 e. The summed E-state index contributed by atoms with van der Waals surface area (Å²) in [5.74, 6) is -1.93. The molecular weight excluding hydrogens is 357 g/mol. The third kappa shape index (κ3) is 5.04. The van der Waals surface area contributed by atoms with E-state index in [0.717, 1.165) is 18.2 Å². The van der Waals surface area contributed by atoms with E-state index < -0.39 is 28.7 Å². The van der Waals surface area contributed by atoms with Crippen molar-refractivity contribution in [1.82, 2.24) is 0 Å². The summed E-state index contributed by atoms with van der Waals surface area (Å²) >= 11 is 3.05. The lowest BCUT2D eigenvalue weighted by atomic mass is 10.0. The molecule has 8 heteroatoms. The van der Waals surface area contributed by atoms with E-state index in [1.807, 2.05) is 0 Å². The summed E-state index contributed by atoms with van der Waals surface area (Å²) in [7, 11) is 0. The summed E-state index contributed by atoms with van der Waals surface area (Å²) in [6.07, 6.45) is -4.89. The van der Waals surface area contributed by atoms with Crippen LogP contribution in [0.4, 0.5) is 13.2 Å². The highest BCUT2D eigenvalue weighted by Crippen LogP contribution is 2.26. The van der Waals surface area contributed by atoms with Crippen LogP contribution in [-0.4, -0.2) is 29.5 Å². The molecule has 0 radical (unpaired) electrons. The fourth-order valence-electron chi connectivity index (χ4n) is 1.53. The monoisotopic (exact) mass is 368 g/mol. The van der Waals surface area contributed by atoms with E-state index >= 15 is 0 Å². The quantitative estimate of drug-likeness (QED) is 0.451. The van der Waals surface area contributed by atoms with Crippen molar-refractivity contribution in [1.29, 1.82) is 0 Å². The zero-order chi connectivity index (χ0) is 16.2. The van der Waals surface area contributed by atoms with Gasteiger partial charge < -0.3 is 9.47 Å². The van der Waals surface area contributed by atoms with Gasteiger partial charge in [-0.2, -0.15) is 0 Å². The predicted octanol–water partition coefficient (Wildman–Crippen LogP) is 3.73. The van der Waals surface area contributed by atoms with E-state index in [4.69, 9.17) is 4.74 Å². The van der Waals surface area contributed by atoms with E-state index in [-0.39, 0.29) is 17.7 Å². The fraction of sp³-hybridized carbons (Fsp3) is 0.385. The molecule has 0 bridgehead atoms. The number of hydrogen-bond acceptors (Lipinski definition) is 4. The molecule has 1 aromatic carbocycles. The van der Waals surface area contributed by atoms with Gasteiger partial charge in [-0.05, 0) is 32.0 Å². The summed E-state index contributed by atoms with van der Waals surface area (Å²) in [5.41, 5.74) is -0.303. The van der Waals surface area contributed by atoms with E-state index in [0.29, 0.717) is 0 Å². The first-order chi connectivity index (χ1) is 9.65. The second-order valence-corrected chi connectivity index (χ2v) is 5.33. The van der Waals surface area contributed by atoms with Gasteiger partial charge in [0.2, 0.25) is 0 Å². The Morgan fingerprint density at radius 2 is 1.90 bits per heavy atom. The molecule has 0 spiro atoms. The third-order valence-corrected chi connectivity index (χ3v) is 2.76. The minimum absolute atomic E-state index is 0.0285. The zero-order valence-corrected chi connectivity index (χ0v) is 12.7. The largest absolute Gasteiger partial charge is 0.573 e. The topological polar surface area (TPSA) is 52.6 Å². The summed E-state index contributed by atoms with van der Waals surface area (Å²) in [6.45, 7) is 3.11. The van der Waals surface area contributed by atoms with Gasteiger partial charge in [0, 0.05) is 5.56 Å². The van der Waals surface area contributed by atoms with Gasteiger partial charge in [0.1, 0.15) is 5.75 Å². The Kier molecular flexibility index (Phi) is 5.77.